The fourth-order valence-electron chi connectivity index (χ4n) is 3.33. The van der Waals surface area contributed by atoms with Gasteiger partial charge in [-0.05, 0) is 89.5 Å². The number of non-ortho nitro benzene ring substituents is 1. The minimum atomic E-state index is -0.731. The third kappa shape index (κ3) is 7.30. The summed E-state index contributed by atoms with van der Waals surface area (Å²) in [6.07, 6.45) is 1.35. The number of methoxy groups -OCH3 is 1. The van der Waals surface area contributed by atoms with Crippen molar-refractivity contribution < 1.29 is 24.0 Å². The Hall–Kier alpha value is -4.44. The summed E-state index contributed by atoms with van der Waals surface area (Å²) in [5.41, 5.74) is 3.08. The topological polar surface area (TPSA) is 144 Å². The number of nitro groups is 1. The van der Waals surface area contributed by atoms with Crippen LogP contribution >= 0.6 is 22.6 Å². The molecule has 0 saturated carbocycles. The maximum atomic E-state index is 12.6. The van der Waals surface area contributed by atoms with Gasteiger partial charge in [0.2, 0.25) is 0 Å². The smallest absolute Gasteiger partial charge is 0.271 e. The lowest BCUT2D eigenvalue weighted by atomic mass is 10.1. The predicted octanol–water partition coefficient (Wildman–Crippen LogP) is 5.39. The molecule has 10 nitrogen and oxygen atoms in total. The van der Waals surface area contributed by atoms with Crippen LogP contribution in [-0.4, -0.2) is 30.5 Å². The molecular formula is C27H23IN4O6. The van der Waals surface area contributed by atoms with Crippen LogP contribution in [0.15, 0.2) is 60.2 Å². The standard InChI is InChI=1S/C27H23IN4O6/c1-16-7-8-21(9-17(16)2)30-25(33)15-38-26-23(28)11-18(12-24(26)37-3)10-19(14-29)27(34)31-20-5-4-6-22(13-20)32(35)36/h4-13H,15H2,1-3H3,(H,30,33)(H,31,34)/b19-10-. The van der Waals surface area contributed by atoms with Crippen molar-refractivity contribution in [3.05, 3.63) is 90.5 Å². The second-order valence-electron chi connectivity index (χ2n) is 8.10. The quantitative estimate of drug-likeness (QED) is 0.107. The van der Waals surface area contributed by atoms with Crippen molar-refractivity contribution in [3.8, 4) is 17.6 Å². The number of benzene rings is 3. The summed E-state index contributed by atoms with van der Waals surface area (Å²) >= 11 is 2.00. The average molecular weight is 626 g/mol. The third-order valence-electron chi connectivity index (χ3n) is 5.38. The molecule has 2 amide bonds. The average Bonchev–Trinajstić information content (AvgIpc) is 2.88. The van der Waals surface area contributed by atoms with Gasteiger partial charge in [-0.1, -0.05) is 12.1 Å². The van der Waals surface area contributed by atoms with Crippen LogP contribution in [0.2, 0.25) is 0 Å². The lowest BCUT2D eigenvalue weighted by Gasteiger charge is -2.14. The van der Waals surface area contributed by atoms with Crippen molar-refractivity contribution in [1.82, 2.24) is 0 Å². The lowest BCUT2D eigenvalue weighted by Crippen LogP contribution is -2.20. The molecule has 3 rings (SSSR count). The van der Waals surface area contributed by atoms with Crippen LogP contribution in [0, 0.1) is 38.9 Å². The van der Waals surface area contributed by atoms with Gasteiger partial charge in [0.25, 0.3) is 17.5 Å². The molecule has 11 heteroatoms. The highest BCUT2D eigenvalue weighted by atomic mass is 127. The first-order valence-electron chi connectivity index (χ1n) is 11.2. The summed E-state index contributed by atoms with van der Waals surface area (Å²) in [7, 11) is 1.43. The normalized spacial score (nSPS) is 10.8. The lowest BCUT2D eigenvalue weighted by molar-refractivity contribution is -0.384. The van der Waals surface area contributed by atoms with Crippen LogP contribution in [0.25, 0.3) is 6.08 Å². The van der Waals surface area contributed by atoms with E-state index in [1.165, 1.54) is 37.5 Å². The predicted molar refractivity (Wildman–Crippen MR) is 151 cm³/mol. The molecule has 0 radical (unpaired) electrons. The molecule has 3 aromatic carbocycles. The van der Waals surface area contributed by atoms with Gasteiger partial charge in [-0.3, -0.25) is 19.7 Å². The van der Waals surface area contributed by atoms with E-state index in [9.17, 15) is 25.0 Å². The van der Waals surface area contributed by atoms with Gasteiger partial charge in [-0.2, -0.15) is 5.26 Å². The summed E-state index contributed by atoms with van der Waals surface area (Å²) in [4.78, 5) is 35.4. The van der Waals surface area contributed by atoms with E-state index >= 15 is 0 Å². The Morgan fingerprint density at radius 3 is 2.47 bits per heavy atom. The van der Waals surface area contributed by atoms with Crippen molar-refractivity contribution in [2.24, 2.45) is 0 Å². The maximum Gasteiger partial charge on any atom is 0.271 e. The van der Waals surface area contributed by atoms with Gasteiger partial charge in [0.15, 0.2) is 18.1 Å². The first-order chi connectivity index (χ1) is 18.1. The Morgan fingerprint density at radius 2 is 1.82 bits per heavy atom. The van der Waals surface area contributed by atoms with Gasteiger partial charge in [0, 0.05) is 23.5 Å². The molecule has 0 aliphatic rings. The number of nitrogens with one attached hydrogen (secondary N) is 2. The van der Waals surface area contributed by atoms with E-state index in [1.54, 1.807) is 12.1 Å². The molecular weight excluding hydrogens is 603 g/mol. The Kier molecular flexibility index (Phi) is 9.39. The molecule has 0 unspecified atom stereocenters. The number of halogens is 1. The van der Waals surface area contributed by atoms with Gasteiger partial charge in [0.05, 0.1) is 15.6 Å². The number of anilines is 2. The molecule has 3 aromatic rings. The number of ether oxygens (including phenoxy) is 2. The number of amides is 2. The number of aryl methyl sites for hydroxylation is 2. The highest BCUT2D eigenvalue weighted by Gasteiger charge is 2.16. The van der Waals surface area contributed by atoms with Crippen molar-refractivity contribution in [3.63, 3.8) is 0 Å². The van der Waals surface area contributed by atoms with E-state index in [-0.39, 0.29) is 29.5 Å². The van der Waals surface area contributed by atoms with Crippen LogP contribution in [0.5, 0.6) is 11.5 Å². The number of hydrogen-bond donors (Lipinski definition) is 2. The van der Waals surface area contributed by atoms with Crippen LogP contribution in [0.4, 0.5) is 17.1 Å². The molecule has 0 aromatic heterocycles. The minimum Gasteiger partial charge on any atom is -0.493 e. The SMILES string of the molecule is COc1cc(/C=C(/C#N)C(=O)Nc2cccc([N+](=O)[O-])c2)cc(I)c1OCC(=O)Nc1ccc(C)c(C)c1. The van der Waals surface area contributed by atoms with Crippen LogP contribution < -0.4 is 20.1 Å². The fourth-order valence-corrected chi connectivity index (χ4v) is 4.11. The summed E-state index contributed by atoms with van der Waals surface area (Å²) in [5.74, 6) is -0.441. The Balaban J connectivity index is 1.74. The number of nitro benzene ring substituents is 1. The molecule has 0 heterocycles. The molecule has 194 valence electrons. The van der Waals surface area contributed by atoms with Gasteiger partial charge < -0.3 is 20.1 Å². The number of nitrogens with zero attached hydrogens (tertiary/aromatic N) is 2. The van der Waals surface area contributed by atoms with E-state index in [0.29, 0.717) is 26.3 Å². The zero-order valence-electron chi connectivity index (χ0n) is 20.7. The largest absolute Gasteiger partial charge is 0.493 e. The van der Waals surface area contributed by atoms with E-state index in [0.717, 1.165) is 11.1 Å². The number of carbonyl (C=O) groups is 2. The zero-order valence-corrected chi connectivity index (χ0v) is 22.9. The Bertz CT molecular complexity index is 1480. The van der Waals surface area contributed by atoms with Crippen LogP contribution in [0.1, 0.15) is 16.7 Å². The van der Waals surface area contributed by atoms with E-state index in [1.807, 2.05) is 60.7 Å². The summed E-state index contributed by atoms with van der Waals surface area (Å²) in [6.45, 7) is 3.68. The Labute approximate surface area is 232 Å². The molecule has 38 heavy (non-hydrogen) atoms. The molecule has 0 saturated heterocycles. The first kappa shape index (κ1) is 28.1. The monoisotopic (exact) mass is 626 g/mol. The highest BCUT2D eigenvalue weighted by Crippen LogP contribution is 2.34. The van der Waals surface area contributed by atoms with Crippen LogP contribution in [0.3, 0.4) is 0 Å². The van der Waals surface area contributed by atoms with E-state index in [4.69, 9.17) is 9.47 Å². The van der Waals surface area contributed by atoms with Gasteiger partial charge in [-0.15, -0.1) is 0 Å². The van der Waals surface area contributed by atoms with Crippen molar-refractivity contribution in [2.75, 3.05) is 24.4 Å². The Morgan fingerprint density at radius 1 is 1.08 bits per heavy atom. The van der Waals surface area contributed by atoms with Crippen LogP contribution in [-0.2, 0) is 9.59 Å². The second kappa shape index (κ2) is 12.7. The van der Waals surface area contributed by atoms with Crippen molar-refractivity contribution >= 4 is 57.5 Å². The second-order valence-corrected chi connectivity index (χ2v) is 9.26. The van der Waals surface area contributed by atoms with Crippen molar-refractivity contribution in [1.29, 1.82) is 5.26 Å². The number of carbonyl (C=O) groups excluding carboxylic acids is 2. The third-order valence-corrected chi connectivity index (χ3v) is 6.18. The van der Waals surface area contributed by atoms with E-state index in [2.05, 4.69) is 10.6 Å². The number of hydrogen-bond acceptors (Lipinski definition) is 7. The summed E-state index contributed by atoms with van der Waals surface area (Å²) in [6, 6.07) is 16.1. The molecule has 0 aliphatic carbocycles. The minimum absolute atomic E-state index is 0.181. The van der Waals surface area contributed by atoms with E-state index < -0.39 is 10.8 Å². The maximum absolute atomic E-state index is 12.6. The molecule has 2 N–H and O–H groups in total. The summed E-state index contributed by atoms with van der Waals surface area (Å²) in [5, 5.41) is 25.8. The van der Waals surface area contributed by atoms with Gasteiger partial charge >= 0.3 is 0 Å². The molecule has 0 bridgehead atoms. The zero-order chi connectivity index (χ0) is 27.8. The number of rotatable bonds is 9. The summed E-state index contributed by atoms with van der Waals surface area (Å²) < 4.78 is 11.7. The molecule has 0 aliphatic heterocycles. The molecule has 0 spiro atoms. The van der Waals surface area contributed by atoms with Gasteiger partial charge in [-0.25, -0.2) is 0 Å². The van der Waals surface area contributed by atoms with Crippen molar-refractivity contribution in [2.45, 2.75) is 13.8 Å². The highest BCUT2D eigenvalue weighted by molar-refractivity contribution is 14.1. The molecule has 0 atom stereocenters. The fraction of sp³-hybridized carbons (Fsp3) is 0.148. The first-order valence-corrected chi connectivity index (χ1v) is 12.2. The van der Waals surface area contributed by atoms with Gasteiger partial charge in [0.1, 0.15) is 11.6 Å². The molecule has 0 fully saturated rings. The number of nitriles is 1.